The topological polar surface area (TPSA) is 66.5 Å². The maximum atomic E-state index is 12.3. The Bertz CT molecular complexity index is 605. The molecule has 6 heteroatoms. The Morgan fingerprint density at radius 1 is 1.14 bits per heavy atom. The van der Waals surface area contributed by atoms with Crippen LogP contribution in [0.1, 0.15) is 25.0 Å². The highest BCUT2D eigenvalue weighted by Gasteiger charge is 2.23. The SMILES string of the molecule is CCc1cccc(CC)c1NC(=O)CN1CCS(=O)(=O)CC1. The molecule has 1 N–H and O–H groups in total. The molecule has 0 spiro atoms. The second-order valence-corrected chi connectivity index (χ2v) is 7.94. The molecule has 0 atom stereocenters. The Hall–Kier alpha value is -1.40. The van der Waals surface area contributed by atoms with Crippen molar-refractivity contribution in [3.8, 4) is 0 Å². The standard InChI is InChI=1S/C16H24N2O3S/c1-3-13-6-5-7-14(4-2)16(13)17-15(19)12-18-8-10-22(20,21)11-9-18/h5-7H,3-4,8-12H2,1-2H3,(H,17,19). The third-order valence-corrected chi connectivity index (χ3v) is 5.68. The molecule has 1 saturated heterocycles. The summed E-state index contributed by atoms with van der Waals surface area (Å²) in [5.74, 6) is 0.216. The van der Waals surface area contributed by atoms with Crippen molar-refractivity contribution in [3.63, 3.8) is 0 Å². The molecule has 5 nitrogen and oxygen atoms in total. The van der Waals surface area contributed by atoms with E-state index < -0.39 is 9.84 Å². The number of carbonyl (C=O) groups excluding carboxylic acids is 1. The predicted molar refractivity (Wildman–Crippen MR) is 88.9 cm³/mol. The average molecular weight is 324 g/mol. The lowest BCUT2D eigenvalue weighted by Crippen LogP contribution is -2.44. The van der Waals surface area contributed by atoms with Gasteiger partial charge < -0.3 is 5.32 Å². The van der Waals surface area contributed by atoms with Crippen molar-refractivity contribution in [2.24, 2.45) is 0 Å². The molecule has 0 bridgehead atoms. The molecule has 0 aromatic heterocycles. The van der Waals surface area contributed by atoms with E-state index in [9.17, 15) is 13.2 Å². The fourth-order valence-electron chi connectivity index (χ4n) is 2.69. The van der Waals surface area contributed by atoms with E-state index in [-0.39, 0.29) is 24.0 Å². The van der Waals surface area contributed by atoms with E-state index in [1.165, 1.54) is 0 Å². The van der Waals surface area contributed by atoms with Gasteiger partial charge in [-0.05, 0) is 24.0 Å². The Morgan fingerprint density at radius 3 is 2.18 bits per heavy atom. The molecule has 22 heavy (non-hydrogen) atoms. The van der Waals surface area contributed by atoms with Gasteiger partial charge >= 0.3 is 0 Å². The summed E-state index contributed by atoms with van der Waals surface area (Å²) in [6, 6.07) is 6.08. The summed E-state index contributed by atoms with van der Waals surface area (Å²) in [4.78, 5) is 14.2. The third kappa shape index (κ3) is 4.30. The molecular formula is C16H24N2O3S. The molecule has 1 fully saturated rings. The first kappa shape index (κ1) is 17.0. The predicted octanol–water partition coefficient (Wildman–Crippen LogP) is 1.48. The van der Waals surface area contributed by atoms with Gasteiger partial charge in [-0.2, -0.15) is 0 Å². The maximum absolute atomic E-state index is 12.3. The summed E-state index contributed by atoms with van der Waals surface area (Å²) in [5.41, 5.74) is 3.19. The lowest BCUT2D eigenvalue weighted by atomic mass is 10.0. The van der Waals surface area contributed by atoms with Crippen LogP contribution in [-0.4, -0.2) is 50.4 Å². The second kappa shape index (κ2) is 7.24. The van der Waals surface area contributed by atoms with E-state index in [4.69, 9.17) is 0 Å². The lowest BCUT2D eigenvalue weighted by Gasteiger charge is -2.26. The van der Waals surface area contributed by atoms with Crippen molar-refractivity contribution in [2.45, 2.75) is 26.7 Å². The first-order chi connectivity index (χ1) is 10.4. The Kier molecular flexibility index (Phi) is 5.58. The quantitative estimate of drug-likeness (QED) is 0.891. The molecule has 1 aliphatic heterocycles. The minimum absolute atomic E-state index is 0.0742. The van der Waals surface area contributed by atoms with Gasteiger partial charge in [-0.15, -0.1) is 0 Å². The number of anilines is 1. The van der Waals surface area contributed by atoms with E-state index in [1.807, 2.05) is 23.1 Å². The van der Waals surface area contributed by atoms with E-state index in [0.29, 0.717) is 13.1 Å². The van der Waals surface area contributed by atoms with Gasteiger partial charge in [0.15, 0.2) is 9.84 Å². The van der Waals surface area contributed by atoms with E-state index in [0.717, 1.165) is 29.7 Å². The number of nitrogens with one attached hydrogen (secondary N) is 1. The van der Waals surface area contributed by atoms with Crippen LogP contribution >= 0.6 is 0 Å². The van der Waals surface area contributed by atoms with Crippen LogP contribution in [0.5, 0.6) is 0 Å². The number of hydrogen-bond donors (Lipinski definition) is 1. The zero-order valence-corrected chi connectivity index (χ0v) is 14.1. The number of hydrogen-bond acceptors (Lipinski definition) is 4. The van der Waals surface area contributed by atoms with Crippen LogP contribution in [0.4, 0.5) is 5.69 Å². The molecule has 122 valence electrons. The smallest absolute Gasteiger partial charge is 0.238 e. The summed E-state index contributed by atoms with van der Waals surface area (Å²) in [7, 11) is -2.91. The highest BCUT2D eigenvalue weighted by atomic mass is 32.2. The van der Waals surface area contributed by atoms with Gasteiger partial charge in [0, 0.05) is 18.8 Å². The fraction of sp³-hybridized carbons (Fsp3) is 0.562. The van der Waals surface area contributed by atoms with Crippen LogP contribution in [0.15, 0.2) is 18.2 Å². The minimum Gasteiger partial charge on any atom is -0.324 e. The van der Waals surface area contributed by atoms with Crippen LogP contribution in [0.2, 0.25) is 0 Å². The number of rotatable bonds is 5. The molecule has 0 unspecified atom stereocenters. The fourth-order valence-corrected chi connectivity index (χ4v) is 3.97. The Labute approximate surface area is 132 Å². The first-order valence-electron chi connectivity index (χ1n) is 7.78. The van der Waals surface area contributed by atoms with Gasteiger partial charge in [-0.1, -0.05) is 32.0 Å². The van der Waals surface area contributed by atoms with Crippen molar-refractivity contribution >= 4 is 21.4 Å². The summed E-state index contributed by atoms with van der Waals surface area (Å²) in [6.07, 6.45) is 1.73. The van der Waals surface area contributed by atoms with Crippen molar-refractivity contribution in [3.05, 3.63) is 29.3 Å². The number of carbonyl (C=O) groups is 1. The molecule has 1 heterocycles. The summed E-state index contributed by atoms with van der Waals surface area (Å²) in [6.45, 7) is 5.26. The minimum atomic E-state index is -2.91. The molecule has 1 aromatic carbocycles. The first-order valence-corrected chi connectivity index (χ1v) is 9.60. The highest BCUT2D eigenvalue weighted by Crippen LogP contribution is 2.22. The molecular weight excluding hydrogens is 300 g/mol. The molecule has 1 amide bonds. The van der Waals surface area contributed by atoms with E-state index in [2.05, 4.69) is 19.2 Å². The van der Waals surface area contributed by atoms with E-state index in [1.54, 1.807) is 0 Å². The Morgan fingerprint density at radius 2 is 1.68 bits per heavy atom. The molecule has 2 rings (SSSR count). The zero-order valence-electron chi connectivity index (χ0n) is 13.3. The van der Waals surface area contributed by atoms with E-state index >= 15 is 0 Å². The number of aryl methyl sites for hydroxylation is 2. The second-order valence-electron chi connectivity index (χ2n) is 5.63. The van der Waals surface area contributed by atoms with Crippen LogP contribution in [-0.2, 0) is 27.5 Å². The summed E-state index contributed by atoms with van der Waals surface area (Å²) in [5, 5.41) is 3.02. The molecule has 0 aliphatic carbocycles. The molecule has 0 saturated carbocycles. The van der Waals surface area contributed by atoms with Crippen LogP contribution in [0, 0.1) is 0 Å². The van der Waals surface area contributed by atoms with Gasteiger partial charge in [-0.25, -0.2) is 8.42 Å². The molecule has 0 radical (unpaired) electrons. The number of nitrogens with zero attached hydrogens (tertiary/aromatic N) is 1. The molecule has 1 aliphatic rings. The number of sulfone groups is 1. The summed E-state index contributed by atoms with van der Waals surface area (Å²) >= 11 is 0. The number of para-hydroxylation sites is 1. The van der Waals surface area contributed by atoms with Crippen molar-refractivity contribution in [1.82, 2.24) is 4.90 Å². The van der Waals surface area contributed by atoms with Crippen molar-refractivity contribution < 1.29 is 13.2 Å². The average Bonchev–Trinajstić information content (AvgIpc) is 2.49. The lowest BCUT2D eigenvalue weighted by molar-refractivity contribution is -0.117. The number of amides is 1. The Balaban J connectivity index is 2.01. The highest BCUT2D eigenvalue weighted by molar-refractivity contribution is 7.91. The van der Waals surface area contributed by atoms with Crippen LogP contribution in [0.3, 0.4) is 0 Å². The van der Waals surface area contributed by atoms with Crippen molar-refractivity contribution in [2.75, 3.05) is 36.5 Å². The van der Waals surface area contributed by atoms with Gasteiger partial charge in [0.1, 0.15) is 0 Å². The molecule has 1 aromatic rings. The normalized spacial score (nSPS) is 18.1. The van der Waals surface area contributed by atoms with Gasteiger partial charge in [0.25, 0.3) is 0 Å². The summed E-state index contributed by atoms with van der Waals surface area (Å²) < 4.78 is 22.8. The third-order valence-electron chi connectivity index (χ3n) is 4.07. The van der Waals surface area contributed by atoms with Crippen molar-refractivity contribution in [1.29, 1.82) is 0 Å². The van der Waals surface area contributed by atoms with Crippen LogP contribution in [0.25, 0.3) is 0 Å². The largest absolute Gasteiger partial charge is 0.324 e. The van der Waals surface area contributed by atoms with Gasteiger partial charge in [-0.3, -0.25) is 9.69 Å². The van der Waals surface area contributed by atoms with Gasteiger partial charge in [0.05, 0.1) is 18.1 Å². The zero-order chi connectivity index (χ0) is 16.2. The number of benzene rings is 1. The maximum Gasteiger partial charge on any atom is 0.238 e. The monoisotopic (exact) mass is 324 g/mol. The van der Waals surface area contributed by atoms with Crippen LogP contribution < -0.4 is 5.32 Å². The van der Waals surface area contributed by atoms with Gasteiger partial charge in [0.2, 0.25) is 5.91 Å².